The van der Waals surface area contributed by atoms with Crippen molar-refractivity contribution in [2.45, 2.75) is 13.0 Å². The number of carbonyl (C=O) groups excluding carboxylic acids is 1. The maximum atomic E-state index is 12.1. The number of amides is 1. The molecule has 0 heterocycles. The number of hydrogen-bond donors (Lipinski definition) is 3. The molecule has 0 aliphatic heterocycles. The summed E-state index contributed by atoms with van der Waals surface area (Å²) < 4.78 is 4.86. The van der Waals surface area contributed by atoms with Crippen molar-refractivity contribution < 1.29 is 19.4 Å². The average molecular weight is 295 g/mol. The molecule has 4 N–H and O–H groups in total. The van der Waals surface area contributed by atoms with Crippen molar-refractivity contribution in [3.63, 3.8) is 0 Å². The van der Waals surface area contributed by atoms with Crippen LogP contribution in [0, 0.1) is 0 Å². The lowest BCUT2D eigenvalue weighted by Gasteiger charge is -2.29. The third-order valence-corrected chi connectivity index (χ3v) is 3.00. The largest absolute Gasteiger partial charge is 0.480 e. The zero-order valence-corrected chi connectivity index (χ0v) is 12.2. The molecule has 7 heteroatoms. The quantitative estimate of drug-likeness (QED) is 0.471. The molecule has 1 aromatic carbocycles. The van der Waals surface area contributed by atoms with Gasteiger partial charge in [-0.2, -0.15) is 0 Å². The molecule has 0 aliphatic carbocycles. The van der Waals surface area contributed by atoms with Gasteiger partial charge in [-0.1, -0.05) is 12.1 Å². The highest BCUT2D eigenvalue weighted by Gasteiger charge is 2.24. The number of nitrogens with two attached hydrogens (primary N) is 1. The topological polar surface area (TPSA) is 105 Å². The van der Waals surface area contributed by atoms with Gasteiger partial charge in [0.1, 0.15) is 12.6 Å². The van der Waals surface area contributed by atoms with Gasteiger partial charge in [0.25, 0.3) is 0 Å². The number of aliphatic carboxylic acids is 1. The van der Waals surface area contributed by atoms with Crippen molar-refractivity contribution in [3.8, 4) is 0 Å². The number of hydrogen-bond acceptors (Lipinski definition) is 5. The Balaban J connectivity index is 2.89. The molecule has 0 saturated heterocycles. The minimum atomic E-state index is -1.03. The molecular formula is C14H21N3O4. The van der Waals surface area contributed by atoms with Crippen molar-refractivity contribution in [2.24, 2.45) is 0 Å². The van der Waals surface area contributed by atoms with Gasteiger partial charge in [0.2, 0.25) is 5.91 Å². The number of benzene rings is 1. The number of nitrogens with one attached hydrogen (secondary N) is 1. The summed E-state index contributed by atoms with van der Waals surface area (Å²) in [4.78, 5) is 24.6. The van der Waals surface area contributed by atoms with Crippen LogP contribution in [-0.4, -0.2) is 49.8 Å². The van der Waals surface area contributed by atoms with E-state index in [1.165, 1.54) is 12.0 Å². The van der Waals surface area contributed by atoms with Crippen LogP contribution in [-0.2, 0) is 14.3 Å². The Morgan fingerprint density at radius 2 is 2.10 bits per heavy atom. The highest BCUT2D eigenvalue weighted by molar-refractivity contribution is 5.88. The molecule has 0 spiro atoms. The normalized spacial score (nSPS) is 11.7. The van der Waals surface area contributed by atoms with Crippen molar-refractivity contribution in [2.75, 3.05) is 37.4 Å². The minimum Gasteiger partial charge on any atom is -0.480 e. The number of carboxylic acid groups (broad SMARTS) is 1. The van der Waals surface area contributed by atoms with E-state index in [4.69, 9.17) is 15.6 Å². The molecule has 0 aromatic heterocycles. The fourth-order valence-electron chi connectivity index (χ4n) is 1.89. The summed E-state index contributed by atoms with van der Waals surface area (Å²) in [6.45, 7) is 2.08. The standard InChI is InChI=1S/C14H21N3O4/c1-10(14(20)16-7-8-21-2)17(9-13(18)19)12-6-4-3-5-11(12)15/h3-6,10H,7-9,15H2,1-2H3,(H,16,20)(H,18,19). The van der Waals surface area contributed by atoms with Crippen LogP contribution in [0.25, 0.3) is 0 Å². The highest BCUT2D eigenvalue weighted by Crippen LogP contribution is 2.24. The van der Waals surface area contributed by atoms with Crippen LogP contribution < -0.4 is 16.0 Å². The summed E-state index contributed by atoms with van der Waals surface area (Å²) >= 11 is 0. The smallest absolute Gasteiger partial charge is 0.323 e. The van der Waals surface area contributed by atoms with E-state index in [-0.39, 0.29) is 12.5 Å². The second-order valence-electron chi connectivity index (χ2n) is 4.54. The lowest BCUT2D eigenvalue weighted by Crippen LogP contribution is -2.48. The summed E-state index contributed by atoms with van der Waals surface area (Å²) in [5.41, 5.74) is 6.82. The molecule has 7 nitrogen and oxygen atoms in total. The van der Waals surface area contributed by atoms with Crippen LogP contribution >= 0.6 is 0 Å². The van der Waals surface area contributed by atoms with Crippen LogP contribution in [0.4, 0.5) is 11.4 Å². The number of anilines is 2. The van der Waals surface area contributed by atoms with Crippen molar-refractivity contribution in [1.82, 2.24) is 5.32 Å². The summed E-state index contributed by atoms with van der Waals surface area (Å²) in [6, 6.07) is 6.19. The van der Waals surface area contributed by atoms with E-state index in [1.54, 1.807) is 31.2 Å². The predicted octanol–water partition coefficient (Wildman–Crippen LogP) is 0.311. The van der Waals surface area contributed by atoms with Crippen molar-refractivity contribution in [1.29, 1.82) is 0 Å². The first-order valence-electron chi connectivity index (χ1n) is 6.57. The molecule has 0 saturated carbocycles. The summed E-state index contributed by atoms with van der Waals surface area (Å²) in [6.07, 6.45) is 0. The van der Waals surface area contributed by atoms with Gasteiger partial charge in [0, 0.05) is 13.7 Å². The lowest BCUT2D eigenvalue weighted by atomic mass is 10.2. The van der Waals surface area contributed by atoms with E-state index >= 15 is 0 Å². The van der Waals surface area contributed by atoms with Crippen molar-refractivity contribution in [3.05, 3.63) is 24.3 Å². The zero-order chi connectivity index (χ0) is 15.8. The average Bonchev–Trinajstić information content (AvgIpc) is 2.45. The van der Waals surface area contributed by atoms with Gasteiger partial charge in [-0.15, -0.1) is 0 Å². The fourth-order valence-corrected chi connectivity index (χ4v) is 1.89. The third-order valence-electron chi connectivity index (χ3n) is 3.00. The Labute approximate surface area is 123 Å². The molecule has 21 heavy (non-hydrogen) atoms. The first-order valence-corrected chi connectivity index (χ1v) is 6.57. The number of nitrogens with zero attached hydrogens (tertiary/aromatic N) is 1. The van der Waals surface area contributed by atoms with Gasteiger partial charge in [-0.3, -0.25) is 9.59 Å². The third kappa shape index (κ3) is 4.96. The van der Waals surface area contributed by atoms with Gasteiger partial charge in [-0.05, 0) is 19.1 Å². The number of rotatable bonds is 8. The van der Waals surface area contributed by atoms with Gasteiger partial charge < -0.3 is 25.8 Å². The Kier molecular flexibility index (Phi) is 6.48. The maximum absolute atomic E-state index is 12.1. The summed E-state index contributed by atoms with van der Waals surface area (Å²) in [7, 11) is 1.54. The van der Waals surface area contributed by atoms with Crippen LogP contribution in [0.15, 0.2) is 24.3 Å². The summed E-state index contributed by atoms with van der Waals surface area (Å²) in [5, 5.41) is 11.7. The van der Waals surface area contributed by atoms with Gasteiger partial charge in [0.05, 0.1) is 18.0 Å². The Hall–Kier alpha value is -2.28. The molecule has 1 unspecified atom stereocenters. The van der Waals surface area contributed by atoms with Crippen LogP contribution in [0.2, 0.25) is 0 Å². The Morgan fingerprint density at radius 1 is 1.43 bits per heavy atom. The first-order chi connectivity index (χ1) is 9.97. The molecule has 0 radical (unpaired) electrons. The van der Waals surface area contributed by atoms with E-state index in [0.717, 1.165) is 0 Å². The van der Waals surface area contributed by atoms with Crippen molar-refractivity contribution >= 4 is 23.3 Å². The maximum Gasteiger partial charge on any atom is 0.323 e. The van der Waals surface area contributed by atoms with E-state index in [1.807, 2.05) is 0 Å². The molecule has 1 amide bonds. The molecule has 116 valence electrons. The zero-order valence-electron chi connectivity index (χ0n) is 12.2. The molecule has 1 atom stereocenters. The SMILES string of the molecule is COCCNC(=O)C(C)N(CC(=O)O)c1ccccc1N. The minimum absolute atomic E-state index is 0.281. The lowest BCUT2D eigenvalue weighted by molar-refractivity contribution is -0.135. The van der Waals surface area contributed by atoms with E-state index < -0.39 is 12.0 Å². The number of nitrogen functional groups attached to an aromatic ring is 1. The molecule has 0 bridgehead atoms. The number of carbonyl (C=O) groups is 2. The Morgan fingerprint density at radius 3 is 2.67 bits per heavy atom. The first kappa shape index (κ1) is 16.8. The summed E-state index contributed by atoms with van der Waals surface area (Å²) in [5.74, 6) is -1.31. The monoisotopic (exact) mass is 295 g/mol. The molecule has 0 aliphatic rings. The number of ether oxygens (including phenoxy) is 1. The van der Waals surface area contributed by atoms with Gasteiger partial charge in [-0.25, -0.2) is 0 Å². The second kappa shape index (κ2) is 8.11. The number of methoxy groups -OCH3 is 1. The van der Waals surface area contributed by atoms with Crippen LogP contribution in [0.5, 0.6) is 0 Å². The molecule has 0 fully saturated rings. The van der Waals surface area contributed by atoms with E-state index in [2.05, 4.69) is 5.32 Å². The van der Waals surface area contributed by atoms with E-state index in [0.29, 0.717) is 24.5 Å². The van der Waals surface area contributed by atoms with Crippen LogP contribution in [0.1, 0.15) is 6.92 Å². The van der Waals surface area contributed by atoms with E-state index in [9.17, 15) is 9.59 Å². The second-order valence-corrected chi connectivity index (χ2v) is 4.54. The number of para-hydroxylation sites is 2. The highest BCUT2D eigenvalue weighted by atomic mass is 16.5. The van der Waals surface area contributed by atoms with Crippen LogP contribution in [0.3, 0.4) is 0 Å². The number of carboxylic acids is 1. The predicted molar refractivity (Wildman–Crippen MR) is 80.2 cm³/mol. The molecule has 1 aromatic rings. The fraction of sp³-hybridized carbons (Fsp3) is 0.429. The molecular weight excluding hydrogens is 274 g/mol. The van der Waals surface area contributed by atoms with Gasteiger partial charge >= 0.3 is 5.97 Å². The Bertz CT molecular complexity index is 493. The molecule has 1 rings (SSSR count). The van der Waals surface area contributed by atoms with Gasteiger partial charge in [0.15, 0.2) is 0 Å².